The van der Waals surface area contributed by atoms with Crippen molar-refractivity contribution in [3.8, 4) is 5.69 Å². The number of benzene rings is 1. The van der Waals surface area contributed by atoms with Gasteiger partial charge in [0.1, 0.15) is 6.33 Å². The lowest BCUT2D eigenvalue weighted by Gasteiger charge is -2.30. The number of hydrazine groups is 1. The van der Waals surface area contributed by atoms with Crippen molar-refractivity contribution in [3.05, 3.63) is 36.2 Å². The molecule has 2 aliphatic heterocycles. The third-order valence-electron chi connectivity index (χ3n) is 6.32. The van der Waals surface area contributed by atoms with E-state index in [1.165, 1.54) is 12.7 Å². The van der Waals surface area contributed by atoms with Gasteiger partial charge in [-0.25, -0.2) is 14.7 Å². The number of tetrazole rings is 1. The van der Waals surface area contributed by atoms with Gasteiger partial charge in [0.05, 0.1) is 17.9 Å². The highest BCUT2D eigenvalue weighted by atomic mass is 35.5. The van der Waals surface area contributed by atoms with Crippen LogP contribution in [0.2, 0.25) is 0 Å². The first-order chi connectivity index (χ1) is 17.1. The number of piperidine rings is 1. The van der Waals surface area contributed by atoms with E-state index in [0.717, 1.165) is 37.2 Å². The van der Waals surface area contributed by atoms with Crippen molar-refractivity contribution in [1.29, 1.82) is 0 Å². The van der Waals surface area contributed by atoms with E-state index in [1.54, 1.807) is 4.68 Å². The van der Waals surface area contributed by atoms with Gasteiger partial charge in [-0.3, -0.25) is 9.69 Å². The van der Waals surface area contributed by atoms with Gasteiger partial charge in [0, 0.05) is 5.16 Å². The second-order valence-corrected chi connectivity index (χ2v) is 8.60. The summed E-state index contributed by atoms with van der Waals surface area (Å²) in [7, 11) is 0. The van der Waals surface area contributed by atoms with Crippen LogP contribution in [0.4, 0.5) is 11.6 Å². The first-order valence-electron chi connectivity index (χ1n) is 11.5. The zero-order chi connectivity index (χ0) is 24.2. The number of carbonyl (C=O) groups is 1. The van der Waals surface area contributed by atoms with Crippen LogP contribution in [0.5, 0.6) is 0 Å². The highest BCUT2D eigenvalue weighted by Crippen LogP contribution is 2.13. The van der Waals surface area contributed by atoms with Gasteiger partial charge < -0.3 is 18.1 Å². The fourth-order valence-corrected chi connectivity index (χ4v) is 4.41. The van der Waals surface area contributed by atoms with Crippen LogP contribution < -0.4 is 39.5 Å². The highest BCUT2D eigenvalue weighted by Gasteiger charge is 2.47. The number of nitrogens with zero attached hydrogens (tertiary/aromatic N) is 8. The van der Waals surface area contributed by atoms with Crippen LogP contribution in [0.15, 0.2) is 40.3 Å². The third kappa shape index (κ3) is 5.50. The first kappa shape index (κ1) is 25.6. The second kappa shape index (κ2) is 11.5. The predicted octanol–water partition coefficient (Wildman–Crippen LogP) is -5.07. The Morgan fingerprint density at radius 3 is 2.69 bits per heavy atom. The van der Waals surface area contributed by atoms with Gasteiger partial charge in [-0.2, -0.15) is 15.5 Å². The third-order valence-corrected chi connectivity index (χ3v) is 6.32. The van der Waals surface area contributed by atoms with Gasteiger partial charge in [-0.15, -0.1) is 5.10 Å². The molecule has 2 aromatic heterocycles. The number of hydrazone groups is 1. The van der Waals surface area contributed by atoms with Crippen molar-refractivity contribution in [1.82, 2.24) is 51.8 Å². The molecule has 192 valence electrons. The molecule has 0 saturated carbocycles. The molecule has 1 aromatic carbocycles. The lowest BCUT2D eigenvalue weighted by molar-refractivity contribution is -0.896. The number of hydrogen-bond donors (Lipinski definition) is 5. The Bertz CT molecular complexity index is 1160. The average Bonchev–Trinajstić information content (AvgIpc) is 3.65. The molecule has 3 atom stereocenters. The van der Waals surface area contributed by atoms with Gasteiger partial charge >= 0.3 is 5.82 Å². The van der Waals surface area contributed by atoms with Crippen LogP contribution in [0.1, 0.15) is 31.7 Å². The molecule has 6 N–H and O–H groups in total. The minimum atomic E-state index is -0.582. The molecule has 4 heterocycles. The van der Waals surface area contributed by atoms with E-state index in [2.05, 4.69) is 52.2 Å². The summed E-state index contributed by atoms with van der Waals surface area (Å²) in [6.07, 6.45) is 5.03. The molecule has 2 fully saturated rings. The number of amides is 1. The molecular formula is C20H28ClN13O2. The van der Waals surface area contributed by atoms with Crippen molar-refractivity contribution < 1.29 is 26.8 Å². The molecule has 2 aliphatic rings. The Balaban J connectivity index is 0.00000304. The van der Waals surface area contributed by atoms with Crippen LogP contribution in [0.25, 0.3) is 5.69 Å². The van der Waals surface area contributed by atoms with Gasteiger partial charge in [0.25, 0.3) is 11.7 Å². The van der Waals surface area contributed by atoms with Crippen LogP contribution in [0, 0.1) is 0 Å². The van der Waals surface area contributed by atoms with Crippen LogP contribution >= 0.6 is 0 Å². The number of carbonyl (C=O) groups excluding carboxylic acids is 1. The van der Waals surface area contributed by atoms with E-state index in [0.29, 0.717) is 23.1 Å². The van der Waals surface area contributed by atoms with Crippen LogP contribution in [-0.4, -0.2) is 78.8 Å². The Kier molecular flexibility index (Phi) is 8.17. The molecule has 0 aliphatic carbocycles. The van der Waals surface area contributed by atoms with Crippen molar-refractivity contribution >= 4 is 23.3 Å². The van der Waals surface area contributed by atoms with Gasteiger partial charge in [0.15, 0.2) is 12.1 Å². The Labute approximate surface area is 212 Å². The molecule has 2 saturated heterocycles. The van der Waals surface area contributed by atoms with Crippen LogP contribution in [0.3, 0.4) is 0 Å². The number of nitrogen functional groups attached to an aromatic ring is 1. The van der Waals surface area contributed by atoms with Gasteiger partial charge in [-0.05, 0) is 66.1 Å². The number of halogens is 1. The molecule has 0 bridgehead atoms. The molecule has 3 unspecified atom stereocenters. The number of hydrogen-bond acceptors (Lipinski definition) is 12. The Hall–Kier alpha value is -3.50. The fourth-order valence-electron chi connectivity index (χ4n) is 4.41. The summed E-state index contributed by atoms with van der Waals surface area (Å²) in [5.74, 6) is 0.323. The number of anilines is 1. The maximum atomic E-state index is 13.2. The predicted molar refractivity (Wildman–Crippen MR) is 123 cm³/mol. The molecule has 1 amide bonds. The van der Waals surface area contributed by atoms with E-state index in [-0.39, 0.29) is 30.2 Å². The van der Waals surface area contributed by atoms with E-state index < -0.39 is 6.04 Å². The van der Waals surface area contributed by atoms with Crippen molar-refractivity contribution in [3.63, 3.8) is 0 Å². The van der Waals surface area contributed by atoms with E-state index in [4.69, 9.17) is 10.4 Å². The zero-order valence-corrected chi connectivity index (χ0v) is 20.4. The van der Waals surface area contributed by atoms with Gasteiger partial charge in [-0.1, -0.05) is 24.1 Å². The monoisotopic (exact) mass is 517 g/mol. The normalized spacial score (nSPS) is 22.8. The van der Waals surface area contributed by atoms with Crippen molar-refractivity contribution in [2.45, 2.75) is 38.3 Å². The van der Waals surface area contributed by atoms with Crippen molar-refractivity contribution in [2.75, 3.05) is 25.4 Å². The molecule has 16 heteroatoms. The largest absolute Gasteiger partial charge is 1.00 e. The summed E-state index contributed by atoms with van der Waals surface area (Å²) >= 11 is 0. The number of likely N-dealkylation sites (tertiary alicyclic amines) is 1. The summed E-state index contributed by atoms with van der Waals surface area (Å²) in [5, 5.41) is 23.8. The maximum Gasteiger partial charge on any atom is 0.330 e. The SMILES string of the molecule is C/C(=N\NC(=O)C1NN[NH+](c2nonc2N)C1CN1CCCCC1)c1ccc(-n2cnnn2)cc1.[Cl-]. The molecule has 3 aromatic rings. The van der Waals surface area contributed by atoms with E-state index >= 15 is 0 Å². The minimum absolute atomic E-state index is 0. The standard InChI is InChI=1S/C20H27N13O2.ClH/c1-13(14-5-7-15(8-6-14)32-12-22-28-30-32)23-25-20(34)17-16(11-31-9-3-2-4-10-31)33(29-24-17)19-18(21)26-35-27-19;/h5-8,12,16-17,24,29H,2-4,9-11H2,1H3,(H2,21,26)(H,25,34);1H/b23-13+;. The Morgan fingerprint density at radius 2 is 2.03 bits per heavy atom. The molecule has 36 heavy (non-hydrogen) atoms. The van der Waals surface area contributed by atoms with E-state index in [9.17, 15) is 4.79 Å². The minimum Gasteiger partial charge on any atom is -1.00 e. The first-order valence-corrected chi connectivity index (χ1v) is 11.5. The second-order valence-electron chi connectivity index (χ2n) is 8.60. The number of rotatable bonds is 7. The summed E-state index contributed by atoms with van der Waals surface area (Å²) < 4.78 is 6.35. The van der Waals surface area contributed by atoms with Crippen LogP contribution in [-0.2, 0) is 4.79 Å². The summed E-state index contributed by atoms with van der Waals surface area (Å²) in [4.78, 5) is 15.5. The summed E-state index contributed by atoms with van der Waals surface area (Å²) in [6, 6.07) is 6.73. The Morgan fingerprint density at radius 1 is 1.25 bits per heavy atom. The summed E-state index contributed by atoms with van der Waals surface area (Å²) in [6.45, 7) is 4.48. The number of nitrogens with two attached hydrogens (primary N) is 1. The lowest BCUT2D eigenvalue weighted by Crippen LogP contribution is -3.17. The number of aromatic nitrogens is 6. The molecule has 0 radical (unpaired) electrons. The average molecular weight is 518 g/mol. The quantitative estimate of drug-likeness (QED) is 0.149. The zero-order valence-electron chi connectivity index (χ0n) is 19.6. The number of nitrogens with one attached hydrogen (secondary N) is 4. The lowest BCUT2D eigenvalue weighted by atomic mass is 10.1. The molecule has 0 spiro atoms. The smallest absolute Gasteiger partial charge is 0.330 e. The maximum absolute atomic E-state index is 13.2. The topological polar surface area (TPSA) is 182 Å². The number of quaternary nitrogens is 1. The highest BCUT2D eigenvalue weighted by molar-refractivity contribution is 5.99. The molecular weight excluding hydrogens is 490 g/mol. The van der Waals surface area contributed by atoms with E-state index in [1.807, 2.05) is 31.2 Å². The van der Waals surface area contributed by atoms with Crippen molar-refractivity contribution in [2.24, 2.45) is 5.10 Å². The molecule has 15 nitrogen and oxygen atoms in total. The summed E-state index contributed by atoms with van der Waals surface area (Å²) in [5.41, 5.74) is 17.1. The molecule has 5 rings (SSSR count). The van der Waals surface area contributed by atoms with Gasteiger partial charge in [0.2, 0.25) is 0 Å². The fraction of sp³-hybridized carbons (Fsp3) is 0.450.